The van der Waals surface area contributed by atoms with E-state index in [1.807, 2.05) is 105 Å². The monoisotopic (exact) mass is 1660 g/mol. The van der Waals surface area contributed by atoms with Crippen LogP contribution in [-0.4, -0.2) is 108 Å². The van der Waals surface area contributed by atoms with E-state index in [2.05, 4.69) is 25.7 Å². The van der Waals surface area contributed by atoms with E-state index in [1.165, 1.54) is 52.2 Å². The summed E-state index contributed by atoms with van der Waals surface area (Å²) in [6.45, 7) is 12.1. The van der Waals surface area contributed by atoms with Crippen LogP contribution in [0.15, 0.2) is 251 Å². The Labute approximate surface area is 679 Å². The van der Waals surface area contributed by atoms with E-state index < -0.39 is 52.9 Å². The molecule has 4 saturated heterocycles. The molecule has 0 saturated carbocycles. The molecule has 14 aromatic rings. The average molecular weight is 1660 g/mol. The number of piperidine rings is 4. The number of hydrogen-bond acceptors (Lipinski definition) is 14. The Balaban J connectivity index is 0.000000122. The number of benzene rings is 10. The molecule has 4 aliphatic rings. The molecule has 0 atom stereocenters. The van der Waals surface area contributed by atoms with Crippen molar-refractivity contribution in [1.82, 2.24) is 15.9 Å². The van der Waals surface area contributed by atoms with Gasteiger partial charge in [-0.2, -0.15) is 5.26 Å². The maximum Gasteiger partial charge on any atom is 0.268 e. The number of anilines is 4. The van der Waals surface area contributed by atoms with E-state index in [4.69, 9.17) is 0 Å². The van der Waals surface area contributed by atoms with Crippen molar-refractivity contribution in [2.45, 2.75) is 130 Å². The van der Waals surface area contributed by atoms with Crippen molar-refractivity contribution in [3.63, 3.8) is 0 Å². The highest BCUT2D eigenvalue weighted by atomic mass is 32.2. The minimum absolute atomic E-state index is 0.0762. The number of fused-ring (bicyclic) bond motifs is 6. The molecule has 10 aromatic carbocycles. The molecule has 26 heteroatoms. The first kappa shape index (κ1) is 80.9. The number of aryl methyl sites for hydroxylation is 2. The van der Waals surface area contributed by atoms with E-state index in [-0.39, 0.29) is 47.5 Å². The summed E-state index contributed by atoms with van der Waals surface area (Å²) in [5, 5.41) is 14.8. The van der Waals surface area contributed by atoms with E-state index in [0.29, 0.717) is 49.7 Å². The first-order valence-electron chi connectivity index (χ1n) is 39.5. The lowest BCUT2D eigenvalue weighted by Crippen LogP contribution is -2.29. The minimum atomic E-state index is -4.09. The van der Waals surface area contributed by atoms with Crippen molar-refractivity contribution in [2.24, 2.45) is 0 Å². The summed E-state index contributed by atoms with van der Waals surface area (Å²) in [5.41, 5.74) is 7.02. The van der Waals surface area contributed by atoms with Gasteiger partial charge in [0.2, 0.25) is 0 Å². The number of halogens is 4. The number of nitriles is 1. The van der Waals surface area contributed by atoms with E-state index in [0.717, 1.165) is 186 Å². The molecule has 4 fully saturated rings. The molecule has 8 heterocycles. The number of Topliss-reactive ketones (excluding diaryl/α,β-unsaturated/α-hetero) is 1. The zero-order chi connectivity index (χ0) is 82.1. The zero-order valence-corrected chi connectivity index (χ0v) is 68.3. The summed E-state index contributed by atoms with van der Waals surface area (Å²) >= 11 is 0. The highest BCUT2D eigenvalue weighted by Crippen LogP contribution is 2.44. The smallest absolute Gasteiger partial charge is 0.268 e. The third-order valence-corrected chi connectivity index (χ3v) is 29.3. The van der Waals surface area contributed by atoms with E-state index in [1.54, 1.807) is 103 Å². The molecule has 604 valence electrons. The van der Waals surface area contributed by atoms with Crippen LogP contribution >= 0.6 is 0 Å². The summed E-state index contributed by atoms with van der Waals surface area (Å²) in [4.78, 5) is 21.7. The quantitative estimate of drug-likeness (QED) is 0.0691. The molecule has 4 aromatic heterocycles. The van der Waals surface area contributed by atoms with Gasteiger partial charge in [0, 0.05) is 144 Å². The van der Waals surface area contributed by atoms with Crippen molar-refractivity contribution in [3.8, 4) is 6.07 Å². The lowest BCUT2D eigenvalue weighted by molar-refractivity contribution is 0.101. The Bertz CT molecular complexity index is 6640. The molecule has 18 nitrogen and oxygen atoms in total. The summed E-state index contributed by atoms with van der Waals surface area (Å²) < 4.78 is 168. The van der Waals surface area contributed by atoms with Crippen molar-refractivity contribution in [1.29, 1.82) is 5.26 Å². The van der Waals surface area contributed by atoms with Crippen molar-refractivity contribution in [2.75, 3.05) is 72.0 Å². The molecular formula is C91H89F4N9O9S4. The highest BCUT2D eigenvalue weighted by molar-refractivity contribution is 7.91. The van der Waals surface area contributed by atoms with Crippen LogP contribution in [0.5, 0.6) is 0 Å². The van der Waals surface area contributed by atoms with Crippen LogP contribution in [0.1, 0.15) is 135 Å². The predicted molar refractivity (Wildman–Crippen MR) is 457 cm³/mol. The molecule has 0 spiro atoms. The number of aromatic nitrogens is 4. The lowest BCUT2D eigenvalue weighted by Gasteiger charge is -2.29. The number of carbonyl (C=O) groups excluding carboxylic acids is 1. The van der Waals surface area contributed by atoms with Gasteiger partial charge in [-0.3, -0.25) is 4.79 Å². The second-order valence-corrected chi connectivity index (χ2v) is 37.5. The predicted octanol–water partition coefficient (Wildman–Crippen LogP) is 20.3. The van der Waals surface area contributed by atoms with Gasteiger partial charge >= 0.3 is 0 Å². The topological polar surface area (TPSA) is 210 Å². The van der Waals surface area contributed by atoms with Gasteiger partial charge in [-0.25, -0.2) is 67.1 Å². The van der Waals surface area contributed by atoms with Gasteiger partial charge in [0.25, 0.3) is 52.9 Å². The number of alkyl halides is 4. The second-order valence-electron chi connectivity index (χ2n) is 30.2. The number of carbonyl (C=O) groups is 1. The van der Waals surface area contributed by atoms with Crippen molar-refractivity contribution >= 4 is 134 Å². The molecule has 4 aliphatic heterocycles. The lowest BCUT2D eigenvalue weighted by atomic mass is 10.0. The van der Waals surface area contributed by atoms with Crippen LogP contribution in [0.3, 0.4) is 0 Å². The minimum Gasteiger partial charge on any atom is -0.371 e. The highest BCUT2D eigenvalue weighted by Gasteiger charge is 2.33. The number of nitrogens with zero attached hydrogens (tertiary/aromatic N) is 9. The maximum atomic E-state index is 14.1. The largest absolute Gasteiger partial charge is 0.371 e. The average Bonchev–Trinajstić information content (AvgIpc) is 1.62. The molecule has 0 bridgehead atoms. The van der Waals surface area contributed by atoms with E-state index >= 15 is 0 Å². The van der Waals surface area contributed by atoms with Gasteiger partial charge in [-0.15, -0.1) is 0 Å². The molecule has 0 unspecified atom stereocenters. The summed E-state index contributed by atoms with van der Waals surface area (Å²) in [5.74, 6) is -0.132. The van der Waals surface area contributed by atoms with Crippen LogP contribution in [0.2, 0.25) is 0 Å². The van der Waals surface area contributed by atoms with Crippen LogP contribution in [0.25, 0.3) is 65.2 Å². The summed E-state index contributed by atoms with van der Waals surface area (Å²) in [7, 11) is -15.7. The zero-order valence-electron chi connectivity index (χ0n) is 65.1. The first-order chi connectivity index (χ1) is 56.4. The Kier molecular flexibility index (Phi) is 23.4. The number of hydrogen-bond donors (Lipinski definition) is 0. The van der Waals surface area contributed by atoms with Crippen LogP contribution in [0, 0.1) is 25.2 Å². The molecule has 0 radical (unpaired) electrons. The maximum absolute atomic E-state index is 14.1. The van der Waals surface area contributed by atoms with Crippen LogP contribution in [-0.2, 0) is 40.1 Å². The summed E-state index contributed by atoms with van der Waals surface area (Å²) in [6.07, 6.45) is 12.6. The van der Waals surface area contributed by atoms with Gasteiger partial charge in [0.05, 0.1) is 47.2 Å². The fourth-order valence-electron chi connectivity index (χ4n) is 16.8. The number of ketones is 1. The summed E-state index contributed by atoms with van der Waals surface area (Å²) in [6, 6.07) is 62.0. The van der Waals surface area contributed by atoms with Crippen LogP contribution < -0.4 is 19.6 Å². The fraction of sp³-hybridized carbons (Fsp3) is 0.275. The Morgan fingerprint density at radius 3 is 1.14 bits per heavy atom. The Morgan fingerprint density at radius 1 is 0.350 bits per heavy atom. The first-order valence-corrected chi connectivity index (χ1v) is 45.3. The van der Waals surface area contributed by atoms with E-state index in [9.17, 15) is 61.3 Å². The Hall–Kier alpha value is -11.2. The van der Waals surface area contributed by atoms with Crippen molar-refractivity contribution in [3.05, 3.63) is 264 Å². The molecule has 0 N–H and O–H groups in total. The van der Waals surface area contributed by atoms with Gasteiger partial charge in [0.15, 0.2) is 5.78 Å². The van der Waals surface area contributed by atoms with Gasteiger partial charge in [-0.05, 0) is 216 Å². The van der Waals surface area contributed by atoms with Crippen LogP contribution in [0.4, 0.5) is 40.3 Å². The third-order valence-electron chi connectivity index (χ3n) is 22.6. The molecule has 0 amide bonds. The molecule has 117 heavy (non-hydrogen) atoms. The molecule has 0 aliphatic carbocycles. The fourth-order valence-corrected chi connectivity index (χ4v) is 22.8. The second kappa shape index (κ2) is 33.8. The normalized spacial score (nSPS) is 15.2. The Morgan fingerprint density at radius 2 is 0.701 bits per heavy atom. The SMILES string of the molecule is CC(=O)c1cn(S(=O)(=O)c2cccc(C)c2)c2cccc(N3CCCCC3)c12.Cc1cccc(S(=O)(=O)n2cc(C#N)c3c(N4CCCCC4)cccc32)c1.O=S(=O)(c1ccc2ccccc2c1)n1cc(C(F)F)c2c(N3CCCCC3)cccc21.O=S(=O)(c1cccc2ccccc12)n1cc(C(F)F)c2c(N3CCCCC3)cccc21. The number of rotatable bonds is 15. The standard InChI is InChI=1S/2C24H22F2N2O2S.C22H24N2O3S.C21H21N3O2S/c25-24(26)19-16-28(21-12-7-11-20(23(19)21)27-14-4-1-5-15-27)31(29,30)22-13-6-9-17-8-2-3-10-18(17)22;25-24(26)20-16-28(22-10-6-9-21(23(20)22)27-13-4-1-5-14-27)31(29,30)19-12-11-17-7-2-3-8-18(17)15-19;1-16-8-6-9-18(14-16)28(26,27)24-15-19(17(2)25)22-20(10-7-11-21(22)24)23-12-4-3-5-13-23;1-16-7-5-8-18(13-16)27(25,26)24-15-17(14-22)21-19(9-6-10-20(21)24)23-11-3-2-4-12-23/h2-3,6-13,16,24H,1,4-5,14-15H2;2-3,6-12,15-16,24H,1,4-5,13-14H2;6-11,14-15H,3-5,12-13H2,1-2H3;5-10,13,15H,2-4,11-12H2,1H3. The third kappa shape index (κ3) is 15.9. The van der Waals surface area contributed by atoms with Crippen molar-refractivity contribution < 1.29 is 56.0 Å². The molecule has 18 rings (SSSR count). The van der Waals surface area contributed by atoms with Gasteiger partial charge < -0.3 is 19.6 Å². The van der Waals surface area contributed by atoms with Gasteiger partial charge in [0.1, 0.15) is 6.07 Å². The van der Waals surface area contributed by atoms with Gasteiger partial charge in [-0.1, -0.05) is 115 Å². The molecular weight excluding hydrogens is 1570 g/mol.